The summed E-state index contributed by atoms with van der Waals surface area (Å²) in [6, 6.07) is 8.24. The average Bonchev–Trinajstić information content (AvgIpc) is 3.05. The molecular formula is C25H31NO3. The Balaban J connectivity index is 2.10. The van der Waals surface area contributed by atoms with E-state index in [4.69, 9.17) is 0 Å². The summed E-state index contributed by atoms with van der Waals surface area (Å²) in [4.78, 5) is 26.4. The SMILES string of the molecule is Cc1ccc(-c2c(C)c3c(c(C)c2CC(=O)O)CN(C(=O)CC(C)(C)C)C3)cc1. The van der Waals surface area contributed by atoms with Crippen molar-refractivity contribution in [1.29, 1.82) is 0 Å². The maximum absolute atomic E-state index is 12.8. The van der Waals surface area contributed by atoms with E-state index < -0.39 is 5.97 Å². The quantitative estimate of drug-likeness (QED) is 0.778. The van der Waals surface area contributed by atoms with Gasteiger partial charge in [0, 0.05) is 19.5 Å². The van der Waals surface area contributed by atoms with Crippen molar-refractivity contribution < 1.29 is 14.7 Å². The molecule has 1 N–H and O–H groups in total. The summed E-state index contributed by atoms with van der Waals surface area (Å²) in [6.45, 7) is 13.5. The molecule has 1 heterocycles. The van der Waals surface area contributed by atoms with Gasteiger partial charge < -0.3 is 10.0 Å². The summed E-state index contributed by atoms with van der Waals surface area (Å²) in [5.41, 5.74) is 8.42. The number of fused-ring (bicyclic) bond motifs is 1. The van der Waals surface area contributed by atoms with E-state index in [2.05, 4.69) is 52.0 Å². The highest BCUT2D eigenvalue weighted by molar-refractivity contribution is 5.83. The summed E-state index contributed by atoms with van der Waals surface area (Å²) in [5, 5.41) is 9.55. The van der Waals surface area contributed by atoms with Crippen molar-refractivity contribution in [3.05, 3.63) is 57.6 Å². The highest BCUT2D eigenvalue weighted by atomic mass is 16.4. The number of nitrogens with zero attached hydrogens (tertiary/aromatic N) is 1. The third-order valence-corrected chi connectivity index (χ3v) is 5.80. The Kier molecular flexibility index (Phi) is 5.57. The molecule has 0 saturated heterocycles. The lowest BCUT2D eigenvalue weighted by atomic mass is 9.84. The Labute approximate surface area is 173 Å². The minimum atomic E-state index is -0.834. The fourth-order valence-corrected chi connectivity index (χ4v) is 4.29. The van der Waals surface area contributed by atoms with Crippen molar-refractivity contribution in [2.75, 3.05) is 0 Å². The molecule has 0 aromatic heterocycles. The number of carboxylic acid groups (broad SMARTS) is 1. The van der Waals surface area contributed by atoms with Gasteiger partial charge in [-0.1, -0.05) is 50.6 Å². The molecule has 0 bridgehead atoms. The lowest BCUT2D eigenvalue weighted by Gasteiger charge is -2.22. The van der Waals surface area contributed by atoms with Gasteiger partial charge in [-0.15, -0.1) is 0 Å². The standard InChI is InChI=1S/C25H31NO3/c1-15-7-9-18(10-8-15)24-17(3)21-14-26(22(27)12-25(4,5)6)13-20(21)16(2)19(24)11-23(28)29/h7-10H,11-14H2,1-6H3,(H,28,29). The molecule has 0 fully saturated rings. The van der Waals surface area contributed by atoms with Crippen LogP contribution in [-0.4, -0.2) is 21.9 Å². The molecular weight excluding hydrogens is 362 g/mol. The van der Waals surface area contributed by atoms with Crippen LogP contribution in [0.2, 0.25) is 0 Å². The maximum atomic E-state index is 12.8. The van der Waals surface area contributed by atoms with Crippen LogP contribution in [0, 0.1) is 26.2 Å². The Morgan fingerprint density at radius 3 is 2.03 bits per heavy atom. The average molecular weight is 394 g/mol. The van der Waals surface area contributed by atoms with Gasteiger partial charge in [0.15, 0.2) is 0 Å². The summed E-state index contributed by atoms with van der Waals surface area (Å²) < 4.78 is 0. The lowest BCUT2D eigenvalue weighted by molar-refractivity contribution is -0.136. The van der Waals surface area contributed by atoms with Gasteiger partial charge >= 0.3 is 5.97 Å². The number of carbonyl (C=O) groups excluding carboxylic acids is 1. The zero-order valence-corrected chi connectivity index (χ0v) is 18.3. The van der Waals surface area contributed by atoms with Gasteiger partial charge in [0.1, 0.15) is 0 Å². The molecule has 2 aromatic rings. The number of aryl methyl sites for hydroxylation is 1. The number of rotatable bonds is 4. The first kappa shape index (κ1) is 21.1. The number of carbonyl (C=O) groups is 2. The highest BCUT2D eigenvalue weighted by Gasteiger charge is 2.31. The highest BCUT2D eigenvalue weighted by Crippen LogP contribution is 2.40. The molecule has 0 spiro atoms. The second kappa shape index (κ2) is 7.66. The number of amides is 1. The van der Waals surface area contributed by atoms with Crippen molar-refractivity contribution in [2.45, 2.75) is 67.5 Å². The van der Waals surface area contributed by atoms with Crippen LogP contribution in [0.4, 0.5) is 0 Å². The molecule has 0 saturated carbocycles. The van der Waals surface area contributed by atoms with E-state index in [1.165, 1.54) is 11.1 Å². The van der Waals surface area contributed by atoms with Gasteiger partial charge in [-0.2, -0.15) is 0 Å². The van der Waals surface area contributed by atoms with Crippen LogP contribution >= 0.6 is 0 Å². The summed E-state index contributed by atoms with van der Waals surface area (Å²) in [7, 11) is 0. The number of carboxylic acids is 1. The summed E-state index contributed by atoms with van der Waals surface area (Å²) >= 11 is 0. The van der Waals surface area contributed by atoms with Gasteiger partial charge in [0.25, 0.3) is 0 Å². The van der Waals surface area contributed by atoms with Gasteiger partial charge in [0.05, 0.1) is 6.42 Å². The Hall–Kier alpha value is -2.62. The second-order valence-electron chi connectivity index (χ2n) is 9.48. The first-order valence-corrected chi connectivity index (χ1v) is 10.2. The van der Waals surface area contributed by atoms with Crippen LogP contribution in [0.15, 0.2) is 24.3 Å². The Morgan fingerprint density at radius 1 is 0.966 bits per heavy atom. The largest absolute Gasteiger partial charge is 0.481 e. The predicted molar refractivity (Wildman–Crippen MR) is 116 cm³/mol. The molecule has 0 unspecified atom stereocenters. The number of hydrogen-bond donors (Lipinski definition) is 1. The molecule has 29 heavy (non-hydrogen) atoms. The predicted octanol–water partition coefficient (Wildman–Crippen LogP) is 5.18. The zero-order valence-electron chi connectivity index (χ0n) is 18.3. The first-order chi connectivity index (χ1) is 13.5. The molecule has 2 aromatic carbocycles. The van der Waals surface area contributed by atoms with Gasteiger partial charge in [-0.25, -0.2) is 0 Å². The topological polar surface area (TPSA) is 57.6 Å². The van der Waals surface area contributed by atoms with Crippen LogP contribution in [0.25, 0.3) is 11.1 Å². The number of benzene rings is 2. The molecule has 1 amide bonds. The van der Waals surface area contributed by atoms with Crippen molar-refractivity contribution in [1.82, 2.24) is 4.90 Å². The smallest absolute Gasteiger partial charge is 0.307 e. The van der Waals surface area contributed by atoms with Crippen LogP contribution in [-0.2, 0) is 29.1 Å². The summed E-state index contributed by atoms with van der Waals surface area (Å²) in [5.74, 6) is -0.677. The fourth-order valence-electron chi connectivity index (χ4n) is 4.29. The molecule has 4 nitrogen and oxygen atoms in total. The molecule has 0 radical (unpaired) electrons. The number of hydrogen-bond acceptors (Lipinski definition) is 2. The molecule has 154 valence electrons. The maximum Gasteiger partial charge on any atom is 0.307 e. The Morgan fingerprint density at radius 2 is 1.52 bits per heavy atom. The van der Waals surface area contributed by atoms with Crippen molar-refractivity contribution in [3.63, 3.8) is 0 Å². The minimum Gasteiger partial charge on any atom is -0.481 e. The normalized spacial score (nSPS) is 13.5. The van der Waals surface area contributed by atoms with Crippen LogP contribution in [0.3, 0.4) is 0 Å². The summed E-state index contributed by atoms with van der Waals surface area (Å²) in [6.07, 6.45) is 0.491. The molecule has 1 aliphatic rings. The van der Waals surface area contributed by atoms with Gasteiger partial charge in [0.2, 0.25) is 5.91 Å². The molecule has 0 atom stereocenters. The van der Waals surface area contributed by atoms with Crippen LogP contribution in [0.5, 0.6) is 0 Å². The molecule has 1 aliphatic heterocycles. The fraction of sp³-hybridized carbons (Fsp3) is 0.440. The van der Waals surface area contributed by atoms with Gasteiger partial charge in [-0.05, 0) is 65.1 Å². The zero-order chi connectivity index (χ0) is 21.5. The number of aliphatic carboxylic acids is 1. The molecule has 0 aliphatic carbocycles. The monoisotopic (exact) mass is 393 g/mol. The third-order valence-electron chi connectivity index (χ3n) is 5.80. The first-order valence-electron chi connectivity index (χ1n) is 10.2. The molecule has 4 heteroatoms. The van der Waals surface area contributed by atoms with Gasteiger partial charge in [-0.3, -0.25) is 9.59 Å². The van der Waals surface area contributed by atoms with E-state index in [0.29, 0.717) is 19.5 Å². The van der Waals surface area contributed by atoms with E-state index in [1.807, 2.05) is 18.7 Å². The van der Waals surface area contributed by atoms with E-state index in [0.717, 1.165) is 33.4 Å². The van der Waals surface area contributed by atoms with Crippen LogP contribution in [0.1, 0.15) is 60.6 Å². The second-order valence-corrected chi connectivity index (χ2v) is 9.48. The van der Waals surface area contributed by atoms with Crippen LogP contribution < -0.4 is 0 Å². The Bertz CT molecular complexity index is 965. The van der Waals surface area contributed by atoms with Crippen molar-refractivity contribution >= 4 is 11.9 Å². The van der Waals surface area contributed by atoms with Crippen molar-refractivity contribution in [3.8, 4) is 11.1 Å². The van der Waals surface area contributed by atoms with Crippen molar-refractivity contribution in [2.24, 2.45) is 5.41 Å². The van der Waals surface area contributed by atoms with E-state index in [-0.39, 0.29) is 17.7 Å². The van der Waals surface area contributed by atoms with E-state index in [1.54, 1.807) is 0 Å². The molecule has 3 rings (SSSR count). The third kappa shape index (κ3) is 4.36. The lowest BCUT2D eigenvalue weighted by Crippen LogP contribution is -2.29. The van der Waals surface area contributed by atoms with E-state index >= 15 is 0 Å². The van der Waals surface area contributed by atoms with E-state index in [9.17, 15) is 14.7 Å². The minimum absolute atomic E-state index is 0.0148.